The summed E-state index contributed by atoms with van der Waals surface area (Å²) >= 11 is 0. The van der Waals surface area contributed by atoms with Crippen molar-refractivity contribution in [1.82, 2.24) is 0 Å². The Morgan fingerprint density at radius 1 is 0.917 bits per heavy atom. The largest absolute Gasteiger partial charge is 0.451 e. The van der Waals surface area contributed by atoms with Crippen LogP contribution in [0.4, 0.5) is 0 Å². The normalized spacial score (nSPS) is 11.6. The van der Waals surface area contributed by atoms with Crippen molar-refractivity contribution >= 4 is 17.7 Å². The van der Waals surface area contributed by atoms with Gasteiger partial charge in [0.15, 0.2) is 6.10 Å². The van der Waals surface area contributed by atoms with Crippen LogP contribution >= 0.6 is 0 Å². The zero-order chi connectivity index (χ0) is 17.7. The van der Waals surface area contributed by atoms with Gasteiger partial charge in [-0.15, -0.1) is 0 Å². The standard InChI is InChI=1S/C19H19NO4/c1-3-13-4-6-14(7-5-13)17(21)12(2)24-19(23)16-10-8-15(9-11-16)18(20)22/h4-12H,3H2,1-2H3,(H2,20,22)/t12-/m1/s1. The number of hydrogen-bond donors (Lipinski definition) is 1. The molecule has 0 unspecified atom stereocenters. The smallest absolute Gasteiger partial charge is 0.338 e. The van der Waals surface area contributed by atoms with E-state index in [2.05, 4.69) is 0 Å². The first kappa shape index (κ1) is 17.4. The first-order valence-electron chi connectivity index (χ1n) is 7.66. The summed E-state index contributed by atoms with van der Waals surface area (Å²) in [5, 5.41) is 0. The minimum atomic E-state index is -0.902. The van der Waals surface area contributed by atoms with Crippen LogP contribution < -0.4 is 5.73 Å². The lowest BCUT2D eigenvalue weighted by Crippen LogP contribution is -2.24. The van der Waals surface area contributed by atoms with E-state index in [-0.39, 0.29) is 11.3 Å². The molecule has 124 valence electrons. The van der Waals surface area contributed by atoms with Crippen LogP contribution in [0.3, 0.4) is 0 Å². The van der Waals surface area contributed by atoms with Crippen LogP contribution in [0.2, 0.25) is 0 Å². The van der Waals surface area contributed by atoms with E-state index in [0.717, 1.165) is 12.0 Å². The molecular weight excluding hydrogens is 306 g/mol. The van der Waals surface area contributed by atoms with Crippen LogP contribution in [-0.2, 0) is 11.2 Å². The number of nitrogens with two attached hydrogens (primary N) is 1. The van der Waals surface area contributed by atoms with Crippen molar-refractivity contribution in [2.24, 2.45) is 5.73 Å². The van der Waals surface area contributed by atoms with Gasteiger partial charge in [-0.2, -0.15) is 0 Å². The van der Waals surface area contributed by atoms with Crippen molar-refractivity contribution in [3.05, 3.63) is 70.8 Å². The summed E-state index contributed by atoms with van der Waals surface area (Å²) < 4.78 is 5.20. The Morgan fingerprint density at radius 2 is 1.42 bits per heavy atom. The topological polar surface area (TPSA) is 86.5 Å². The lowest BCUT2D eigenvalue weighted by atomic mass is 10.0. The number of amides is 1. The molecule has 1 atom stereocenters. The van der Waals surface area contributed by atoms with Crippen LogP contribution in [0.5, 0.6) is 0 Å². The Kier molecular flexibility index (Phi) is 5.47. The Morgan fingerprint density at radius 3 is 1.92 bits per heavy atom. The number of rotatable bonds is 6. The Bertz CT molecular complexity index is 748. The molecule has 0 aliphatic carbocycles. The third kappa shape index (κ3) is 4.07. The summed E-state index contributed by atoms with van der Waals surface area (Å²) in [6, 6.07) is 13.0. The number of carbonyl (C=O) groups excluding carboxylic acids is 3. The molecule has 0 aliphatic heterocycles. The van der Waals surface area contributed by atoms with Gasteiger partial charge in [-0.3, -0.25) is 9.59 Å². The van der Waals surface area contributed by atoms with Crippen molar-refractivity contribution in [2.45, 2.75) is 26.4 Å². The Balaban J connectivity index is 2.04. The summed E-state index contributed by atoms with van der Waals surface area (Å²) in [5.74, 6) is -1.47. The molecule has 0 spiro atoms. The maximum Gasteiger partial charge on any atom is 0.338 e. The fraction of sp³-hybridized carbons (Fsp3) is 0.211. The summed E-state index contributed by atoms with van der Waals surface area (Å²) in [6.07, 6.45) is -0.0128. The number of Topliss-reactive ketones (excluding diaryl/α,β-unsaturated/α-hetero) is 1. The predicted octanol–water partition coefficient (Wildman–Crippen LogP) is 2.78. The van der Waals surface area contributed by atoms with E-state index in [0.29, 0.717) is 11.1 Å². The highest BCUT2D eigenvalue weighted by Gasteiger charge is 2.20. The zero-order valence-corrected chi connectivity index (χ0v) is 13.6. The molecule has 2 N–H and O–H groups in total. The van der Waals surface area contributed by atoms with Crippen molar-refractivity contribution in [3.8, 4) is 0 Å². The molecule has 24 heavy (non-hydrogen) atoms. The molecule has 0 saturated carbocycles. The fourth-order valence-electron chi connectivity index (χ4n) is 2.19. The van der Waals surface area contributed by atoms with Crippen LogP contribution in [0.25, 0.3) is 0 Å². The lowest BCUT2D eigenvalue weighted by molar-refractivity contribution is 0.0318. The van der Waals surface area contributed by atoms with Crippen molar-refractivity contribution < 1.29 is 19.1 Å². The third-order valence-electron chi connectivity index (χ3n) is 3.70. The highest BCUT2D eigenvalue weighted by Crippen LogP contribution is 2.12. The van der Waals surface area contributed by atoms with Crippen LogP contribution in [0, 0.1) is 0 Å². The van der Waals surface area contributed by atoms with Gasteiger partial charge in [-0.25, -0.2) is 4.79 Å². The molecule has 2 rings (SSSR count). The molecule has 0 fully saturated rings. The van der Waals surface area contributed by atoms with Crippen LogP contribution in [0.1, 0.15) is 50.5 Å². The van der Waals surface area contributed by atoms with Gasteiger partial charge in [-0.05, 0) is 43.2 Å². The summed E-state index contributed by atoms with van der Waals surface area (Å²) in [5.41, 5.74) is 7.32. The molecule has 0 radical (unpaired) electrons. The molecular formula is C19H19NO4. The minimum absolute atomic E-state index is 0.251. The molecule has 0 saturated heterocycles. The molecule has 0 aromatic heterocycles. The summed E-state index contributed by atoms with van der Waals surface area (Å²) in [6.45, 7) is 3.57. The monoisotopic (exact) mass is 325 g/mol. The molecule has 0 aliphatic rings. The SMILES string of the molecule is CCc1ccc(C(=O)[C@@H](C)OC(=O)c2ccc(C(N)=O)cc2)cc1. The lowest BCUT2D eigenvalue weighted by Gasteiger charge is -2.13. The fourth-order valence-corrected chi connectivity index (χ4v) is 2.19. The van der Waals surface area contributed by atoms with Gasteiger partial charge in [-0.1, -0.05) is 31.2 Å². The molecule has 2 aromatic rings. The molecule has 0 heterocycles. The number of primary amides is 1. The Labute approximate surface area is 140 Å². The second-order valence-electron chi connectivity index (χ2n) is 5.40. The van der Waals surface area contributed by atoms with E-state index in [1.54, 1.807) is 12.1 Å². The summed E-state index contributed by atoms with van der Waals surface area (Å²) in [4.78, 5) is 35.4. The van der Waals surface area contributed by atoms with E-state index in [1.807, 2.05) is 19.1 Å². The average molecular weight is 325 g/mol. The second-order valence-corrected chi connectivity index (χ2v) is 5.40. The van der Waals surface area contributed by atoms with Crippen molar-refractivity contribution in [1.29, 1.82) is 0 Å². The van der Waals surface area contributed by atoms with Gasteiger partial charge in [0, 0.05) is 11.1 Å². The number of carbonyl (C=O) groups is 3. The number of aryl methyl sites for hydroxylation is 1. The number of ether oxygens (including phenoxy) is 1. The quantitative estimate of drug-likeness (QED) is 0.653. The van der Waals surface area contributed by atoms with Crippen molar-refractivity contribution in [3.63, 3.8) is 0 Å². The number of benzene rings is 2. The second kappa shape index (κ2) is 7.55. The summed E-state index contributed by atoms with van der Waals surface area (Å²) in [7, 11) is 0. The van der Waals surface area contributed by atoms with Crippen molar-refractivity contribution in [2.75, 3.05) is 0 Å². The van der Waals surface area contributed by atoms with Crippen LogP contribution in [-0.4, -0.2) is 23.8 Å². The highest BCUT2D eigenvalue weighted by atomic mass is 16.5. The molecule has 5 heteroatoms. The molecule has 5 nitrogen and oxygen atoms in total. The first-order chi connectivity index (χ1) is 11.4. The molecule has 2 aromatic carbocycles. The van der Waals surface area contributed by atoms with Gasteiger partial charge < -0.3 is 10.5 Å². The van der Waals surface area contributed by atoms with Gasteiger partial charge in [0.25, 0.3) is 0 Å². The van der Waals surface area contributed by atoms with Gasteiger partial charge in [0.2, 0.25) is 11.7 Å². The minimum Gasteiger partial charge on any atom is -0.451 e. The number of hydrogen-bond acceptors (Lipinski definition) is 4. The maximum atomic E-state index is 12.3. The van der Waals surface area contributed by atoms with E-state index < -0.39 is 18.0 Å². The Hall–Kier alpha value is -2.95. The number of ketones is 1. The van der Waals surface area contributed by atoms with E-state index in [4.69, 9.17) is 10.5 Å². The number of esters is 1. The van der Waals surface area contributed by atoms with E-state index in [1.165, 1.54) is 31.2 Å². The molecule has 1 amide bonds. The average Bonchev–Trinajstić information content (AvgIpc) is 2.61. The zero-order valence-electron chi connectivity index (χ0n) is 13.6. The van der Waals surface area contributed by atoms with Gasteiger partial charge >= 0.3 is 5.97 Å². The van der Waals surface area contributed by atoms with Gasteiger partial charge in [0.1, 0.15) is 0 Å². The van der Waals surface area contributed by atoms with E-state index >= 15 is 0 Å². The first-order valence-corrected chi connectivity index (χ1v) is 7.66. The predicted molar refractivity (Wildman–Crippen MR) is 90.0 cm³/mol. The van der Waals surface area contributed by atoms with Gasteiger partial charge in [0.05, 0.1) is 5.56 Å². The third-order valence-corrected chi connectivity index (χ3v) is 3.70. The van der Waals surface area contributed by atoms with E-state index in [9.17, 15) is 14.4 Å². The maximum absolute atomic E-state index is 12.3. The van der Waals surface area contributed by atoms with Crippen LogP contribution in [0.15, 0.2) is 48.5 Å². The molecule has 0 bridgehead atoms. The highest BCUT2D eigenvalue weighted by molar-refractivity contribution is 6.01.